The summed E-state index contributed by atoms with van der Waals surface area (Å²) in [7, 11) is 0. The highest BCUT2D eigenvalue weighted by Crippen LogP contribution is 2.52. The fourth-order valence-electron chi connectivity index (χ4n) is 9.59. The van der Waals surface area contributed by atoms with Gasteiger partial charge in [-0.05, 0) is 41.0 Å². The van der Waals surface area contributed by atoms with Crippen LogP contribution in [0.25, 0.3) is 77.8 Å². The Labute approximate surface area is 248 Å². The zero-order valence-electron chi connectivity index (χ0n) is 22.8. The fraction of sp³-hybridized carbons (Fsp3) is 0. The van der Waals surface area contributed by atoms with Crippen LogP contribution in [0, 0.1) is 0 Å². The molecule has 0 spiro atoms. The van der Waals surface area contributed by atoms with Crippen LogP contribution in [0.3, 0.4) is 0 Å². The van der Waals surface area contributed by atoms with Crippen LogP contribution in [0.15, 0.2) is 93.8 Å². The van der Waals surface area contributed by atoms with Gasteiger partial charge in [-0.3, -0.25) is 0 Å². The van der Waals surface area contributed by atoms with Gasteiger partial charge in [-0.15, -0.1) is 0 Å². The van der Waals surface area contributed by atoms with Crippen molar-refractivity contribution in [3.05, 3.63) is 84.9 Å². The van der Waals surface area contributed by atoms with Gasteiger partial charge in [-0.25, -0.2) is 0 Å². The Hall–Kier alpha value is -5.75. The summed E-state index contributed by atoms with van der Waals surface area (Å²) < 4.78 is 32.4. The van der Waals surface area contributed by atoms with E-state index < -0.39 is 0 Å². The Morgan fingerprint density at radius 3 is 1.45 bits per heavy atom. The monoisotopic (exact) mass is 560 g/mol. The third-order valence-electron chi connectivity index (χ3n) is 10.9. The molecule has 0 fully saturated rings. The van der Waals surface area contributed by atoms with Crippen molar-refractivity contribution in [1.82, 2.24) is 8.96 Å². The summed E-state index contributed by atoms with van der Waals surface area (Å²) in [4.78, 5) is 0. The molecule has 2 aromatic heterocycles. The Kier molecular flexibility index (Phi) is 2.76. The Morgan fingerprint density at radius 2 is 0.909 bits per heavy atom. The highest BCUT2D eigenvalue weighted by Gasteiger charge is 2.53. The third kappa shape index (κ3) is 1.80. The van der Waals surface area contributed by atoms with Crippen LogP contribution in [0.4, 0.5) is 0 Å². The summed E-state index contributed by atoms with van der Waals surface area (Å²) in [6, 6.07) is 29.9. The first-order valence-corrected chi connectivity index (χ1v) is 15.1. The second-order valence-corrected chi connectivity index (χ2v) is 12.7. The number of benzene rings is 6. The number of aromatic nitrogens is 2. The highest BCUT2D eigenvalue weighted by molar-refractivity contribution is 6.94. The van der Waals surface area contributed by atoms with E-state index >= 15 is 0 Å². The summed E-state index contributed by atoms with van der Waals surface area (Å²) in [5, 5.41) is 0. The lowest BCUT2D eigenvalue weighted by atomic mass is 9.38. The van der Waals surface area contributed by atoms with Gasteiger partial charge in [0.2, 0.25) is 0 Å². The third-order valence-corrected chi connectivity index (χ3v) is 10.9. The van der Waals surface area contributed by atoms with E-state index in [-0.39, 0.29) is 13.7 Å². The van der Waals surface area contributed by atoms with Crippen LogP contribution in [-0.4, -0.2) is 22.7 Å². The largest absolute Gasteiger partial charge is 0.458 e. The molecule has 6 aliphatic heterocycles. The first kappa shape index (κ1) is 20.2. The maximum Gasteiger partial charge on any atom is 0.337 e. The maximum absolute atomic E-state index is 6.85. The van der Waals surface area contributed by atoms with E-state index in [0.29, 0.717) is 0 Å². The van der Waals surface area contributed by atoms with Gasteiger partial charge in [0.05, 0.1) is 22.1 Å². The number of para-hydroxylation sites is 2. The average Bonchev–Trinajstić information content (AvgIpc) is 3.06. The van der Waals surface area contributed by atoms with Crippen molar-refractivity contribution in [2.45, 2.75) is 0 Å². The van der Waals surface area contributed by atoms with Crippen molar-refractivity contribution < 1.29 is 18.3 Å². The maximum atomic E-state index is 6.85. The number of nitrogens with zero attached hydrogens (tertiary/aromatic N) is 2. The minimum atomic E-state index is -0.0498. The molecule has 0 N–H and O–H groups in total. The van der Waals surface area contributed by atoms with Gasteiger partial charge in [0, 0.05) is 50.7 Å². The van der Waals surface area contributed by atoms with Crippen LogP contribution < -0.4 is 31.3 Å². The zero-order chi connectivity index (χ0) is 27.7. The molecule has 0 saturated heterocycles. The standard InChI is InChI=1S/C36H14B2N2O4/c1-5-15-17-7-3-11-21-33(17)39-35-25(43-21)14-26-36-28(35)27-31-23(41-19(9-1)29(15)37(31)39)13-24-32(27)38-30-16(6-2-10-20(30)42-24)18-8-4-12-22(44-26)34(18)40(36)38/h1-14H. The topological polar surface area (TPSA) is 54.6 Å². The minimum absolute atomic E-state index is 0.0498. The molecule has 198 valence electrons. The van der Waals surface area contributed by atoms with Gasteiger partial charge >= 0.3 is 13.7 Å². The molecule has 8 heterocycles. The number of ether oxygens (including phenoxy) is 2. The molecule has 0 radical (unpaired) electrons. The van der Waals surface area contributed by atoms with Gasteiger partial charge in [-0.1, -0.05) is 48.5 Å². The molecule has 8 heteroatoms. The molecule has 0 unspecified atom stereocenters. The van der Waals surface area contributed by atoms with Gasteiger partial charge < -0.3 is 27.3 Å². The Morgan fingerprint density at radius 1 is 0.409 bits per heavy atom. The quantitative estimate of drug-likeness (QED) is 0.169. The smallest absolute Gasteiger partial charge is 0.337 e. The first-order chi connectivity index (χ1) is 21.8. The summed E-state index contributed by atoms with van der Waals surface area (Å²) in [6.45, 7) is -0.0996. The van der Waals surface area contributed by atoms with Crippen molar-refractivity contribution in [2.24, 2.45) is 0 Å². The molecule has 0 bridgehead atoms. The van der Waals surface area contributed by atoms with Crippen molar-refractivity contribution >= 4 is 79.9 Å². The van der Waals surface area contributed by atoms with Crippen LogP contribution in [-0.2, 0) is 0 Å². The van der Waals surface area contributed by atoms with E-state index in [1.54, 1.807) is 0 Å². The molecule has 0 atom stereocenters. The number of hydrogen-bond acceptors (Lipinski definition) is 4. The van der Waals surface area contributed by atoms with Crippen LogP contribution in [0.1, 0.15) is 0 Å². The molecule has 0 aliphatic carbocycles. The lowest BCUT2D eigenvalue weighted by Crippen LogP contribution is -2.63. The number of fused-ring (bicyclic) bond motifs is 2. The molecule has 6 nitrogen and oxygen atoms in total. The van der Waals surface area contributed by atoms with E-state index in [2.05, 4.69) is 93.9 Å². The summed E-state index contributed by atoms with van der Waals surface area (Å²) >= 11 is 0. The molecular weight excluding hydrogens is 546 g/mol. The number of rotatable bonds is 0. The van der Waals surface area contributed by atoms with Crippen LogP contribution >= 0.6 is 0 Å². The molecule has 0 amide bonds. The molecule has 6 aliphatic rings. The van der Waals surface area contributed by atoms with Crippen molar-refractivity contribution in [2.75, 3.05) is 0 Å². The van der Waals surface area contributed by atoms with Gasteiger partial charge in [-0.2, -0.15) is 0 Å². The van der Waals surface area contributed by atoms with E-state index in [9.17, 15) is 0 Å². The van der Waals surface area contributed by atoms with Gasteiger partial charge in [0.1, 0.15) is 23.0 Å². The predicted octanol–water partition coefficient (Wildman–Crippen LogP) is 5.99. The van der Waals surface area contributed by atoms with Crippen LogP contribution in [0.2, 0.25) is 0 Å². The first-order valence-electron chi connectivity index (χ1n) is 15.1. The highest BCUT2D eigenvalue weighted by atomic mass is 16.5. The van der Waals surface area contributed by atoms with E-state index in [4.69, 9.17) is 18.3 Å². The van der Waals surface area contributed by atoms with E-state index in [0.717, 1.165) is 84.1 Å². The summed E-state index contributed by atoms with van der Waals surface area (Å²) in [6.07, 6.45) is 0. The molecular formula is C36H14B2N2O4. The second kappa shape index (κ2) is 6.01. The van der Waals surface area contributed by atoms with Crippen molar-refractivity contribution in [3.63, 3.8) is 0 Å². The molecule has 0 saturated carbocycles. The second-order valence-electron chi connectivity index (χ2n) is 12.7. The molecule has 8 aromatic rings. The van der Waals surface area contributed by atoms with Gasteiger partial charge in [0.15, 0.2) is 22.3 Å². The molecule has 14 rings (SSSR count). The lowest BCUT2D eigenvalue weighted by molar-refractivity contribution is 0.465. The lowest BCUT2D eigenvalue weighted by Gasteiger charge is -2.45. The van der Waals surface area contributed by atoms with Crippen molar-refractivity contribution in [3.8, 4) is 56.4 Å². The summed E-state index contributed by atoms with van der Waals surface area (Å²) in [5.74, 6) is 3.50. The SMILES string of the molecule is c1cc2c3c(c1)-c1cccc4oc5cc6oc7cccc8c7n7c6c6c5n(c14)B3c1c(cc3c(c1-6)B7c1c(cccc1-8)O3)O2. The van der Waals surface area contributed by atoms with Crippen molar-refractivity contribution in [1.29, 1.82) is 0 Å². The Balaban J connectivity index is 1.36. The van der Waals surface area contributed by atoms with E-state index in [1.165, 1.54) is 38.5 Å². The fourth-order valence-corrected chi connectivity index (χ4v) is 9.59. The Bertz CT molecular complexity index is 2730. The minimum Gasteiger partial charge on any atom is -0.458 e. The van der Waals surface area contributed by atoms with Gasteiger partial charge in [0.25, 0.3) is 0 Å². The summed E-state index contributed by atoms with van der Waals surface area (Å²) in [5.41, 5.74) is 19.7. The predicted molar refractivity (Wildman–Crippen MR) is 172 cm³/mol. The number of hydrogen-bond donors (Lipinski definition) is 0. The normalized spacial score (nSPS) is 15.1. The molecule has 6 aromatic carbocycles. The van der Waals surface area contributed by atoms with E-state index in [1.807, 2.05) is 0 Å². The zero-order valence-corrected chi connectivity index (χ0v) is 22.8. The average molecular weight is 560 g/mol. The van der Waals surface area contributed by atoms with Crippen LogP contribution in [0.5, 0.6) is 23.0 Å². The molecule has 44 heavy (non-hydrogen) atoms.